The molecule has 4 heteroatoms. The number of benzene rings is 1. The van der Waals surface area contributed by atoms with E-state index in [4.69, 9.17) is 4.74 Å². The van der Waals surface area contributed by atoms with Crippen LogP contribution in [0.3, 0.4) is 0 Å². The Kier molecular flexibility index (Phi) is 4.18. The number of nitrogens with one attached hydrogen (secondary N) is 1. The zero-order valence-corrected chi connectivity index (χ0v) is 12.1. The van der Waals surface area contributed by atoms with Gasteiger partial charge in [-0.3, -0.25) is 4.98 Å². The molecule has 3 rings (SSSR count). The van der Waals surface area contributed by atoms with Crippen molar-refractivity contribution in [2.24, 2.45) is 0 Å². The molecule has 0 bridgehead atoms. The minimum atomic E-state index is 0.0677. The Bertz CT molecular complexity index is 601. The van der Waals surface area contributed by atoms with Crippen LogP contribution in [0.4, 0.5) is 0 Å². The molecule has 2 N–H and O–H groups in total. The molecule has 0 amide bonds. The van der Waals surface area contributed by atoms with Crippen LogP contribution in [-0.2, 0) is 11.3 Å². The van der Waals surface area contributed by atoms with E-state index in [0.29, 0.717) is 12.2 Å². The van der Waals surface area contributed by atoms with E-state index in [1.165, 1.54) is 5.56 Å². The molecule has 110 valence electrons. The van der Waals surface area contributed by atoms with E-state index in [1.54, 1.807) is 6.07 Å². The lowest BCUT2D eigenvalue weighted by Crippen LogP contribution is -2.31. The predicted molar refractivity (Wildman–Crippen MR) is 81.0 cm³/mol. The van der Waals surface area contributed by atoms with Crippen LogP contribution in [0.25, 0.3) is 0 Å². The Morgan fingerprint density at radius 1 is 1.24 bits per heavy atom. The van der Waals surface area contributed by atoms with Gasteiger partial charge in [0.05, 0.1) is 11.8 Å². The maximum Gasteiger partial charge on any atom is 0.138 e. The summed E-state index contributed by atoms with van der Waals surface area (Å²) >= 11 is 0. The molecule has 21 heavy (non-hydrogen) atoms. The normalized spacial score (nSPS) is 21.6. The molecule has 1 aliphatic heterocycles. The van der Waals surface area contributed by atoms with E-state index in [9.17, 15) is 5.11 Å². The van der Waals surface area contributed by atoms with Crippen molar-refractivity contribution >= 4 is 0 Å². The second kappa shape index (κ2) is 6.24. The molecule has 2 heterocycles. The number of hydrogen-bond donors (Lipinski definition) is 2. The topological polar surface area (TPSA) is 54.4 Å². The van der Waals surface area contributed by atoms with E-state index < -0.39 is 0 Å². The SMILES string of the molecule is Cc1ccc(O)c(CN[C@H]2CCO[C@H]2c2ccccc2)n1. The van der Waals surface area contributed by atoms with Gasteiger partial charge in [0.2, 0.25) is 0 Å². The summed E-state index contributed by atoms with van der Waals surface area (Å²) in [6.07, 6.45) is 1.03. The third kappa shape index (κ3) is 3.23. The van der Waals surface area contributed by atoms with Crippen LogP contribution in [0.15, 0.2) is 42.5 Å². The van der Waals surface area contributed by atoms with Crippen LogP contribution in [0.2, 0.25) is 0 Å². The number of aromatic nitrogens is 1. The zero-order chi connectivity index (χ0) is 14.7. The Morgan fingerprint density at radius 3 is 2.86 bits per heavy atom. The van der Waals surface area contributed by atoms with Crippen LogP contribution in [-0.4, -0.2) is 22.7 Å². The number of hydrogen-bond acceptors (Lipinski definition) is 4. The van der Waals surface area contributed by atoms with E-state index in [2.05, 4.69) is 22.4 Å². The monoisotopic (exact) mass is 284 g/mol. The third-order valence-electron chi connectivity index (χ3n) is 3.84. The van der Waals surface area contributed by atoms with Crippen molar-refractivity contribution in [1.82, 2.24) is 10.3 Å². The fraction of sp³-hybridized carbons (Fsp3) is 0.353. The summed E-state index contributed by atoms with van der Waals surface area (Å²) in [4.78, 5) is 4.38. The molecule has 1 aromatic heterocycles. The first-order chi connectivity index (χ1) is 10.2. The molecule has 1 saturated heterocycles. The van der Waals surface area contributed by atoms with E-state index >= 15 is 0 Å². The van der Waals surface area contributed by atoms with Gasteiger partial charge in [-0.05, 0) is 31.0 Å². The van der Waals surface area contributed by atoms with Crippen molar-refractivity contribution in [3.05, 3.63) is 59.4 Å². The van der Waals surface area contributed by atoms with Crippen LogP contribution in [0.5, 0.6) is 5.75 Å². The number of ether oxygens (including phenoxy) is 1. The summed E-state index contributed by atoms with van der Waals surface area (Å²) < 4.78 is 5.85. The highest BCUT2D eigenvalue weighted by molar-refractivity contribution is 5.27. The molecule has 0 spiro atoms. The van der Waals surface area contributed by atoms with E-state index in [1.807, 2.05) is 31.2 Å². The Balaban J connectivity index is 1.68. The van der Waals surface area contributed by atoms with Crippen molar-refractivity contribution in [3.8, 4) is 5.75 Å². The Hall–Kier alpha value is -1.91. The van der Waals surface area contributed by atoms with Gasteiger partial charge < -0.3 is 15.2 Å². The van der Waals surface area contributed by atoms with Crippen molar-refractivity contribution < 1.29 is 9.84 Å². The van der Waals surface area contributed by atoms with Gasteiger partial charge in [-0.15, -0.1) is 0 Å². The number of nitrogens with zero attached hydrogens (tertiary/aromatic N) is 1. The van der Waals surface area contributed by atoms with Crippen molar-refractivity contribution in [1.29, 1.82) is 0 Å². The third-order valence-corrected chi connectivity index (χ3v) is 3.84. The van der Waals surface area contributed by atoms with Gasteiger partial charge in [0.1, 0.15) is 5.75 Å². The minimum absolute atomic E-state index is 0.0677. The van der Waals surface area contributed by atoms with Crippen LogP contribution < -0.4 is 5.32 Å². The molecular formula is C17H20N2O2. The molecule has 4 nitrogen and oxygen atoms in total. The molecule has 0 radical (unpaired) electrons. The lowest BCUT2D eigenvalue weighted by molar-refractivity contribution is 0.0983. The van der Waals surface area contributed by atoms with Gasteiger partial charge in [0.25, 0.3) is 0 Å². The van der Waals surface area contributed by atoms with Crippen LogP contribution in [0, 0.1) is 6.92 Å². The lowest BCUT2D eigenvalue weighted by Gasteiger charge is -2.20. The van der Waals surface area contributed by atoms with Crippen LogP contribution >= 0.6 is 0 Å². The minimum Gasteiger partial charge on any atom is -0.506 e. The first kappa shape index (κ1) is 14.0. The maximum absolute atomic E-state index is 9.86. The smallest absolute Gasteiger partial charge is 0.138 e. The average molecular weight is 284 g/mol. The standard InChI is InChI=1S/C17H20N2O2/c1-12-7-8-16(20)15(19-12)11-18-14-9-10-21-17(14)13-5-3-2-4-6-13/h2-8,14,17-18,20H,9-11H2,1H3/t14-,17-/m0/s1. The van der Waals surface area contributed by atoms with Gasteiger partial charge >= 0.3 is 0 Å². The second-order valence-corrected chi connectivity index (χ2v) is 5.40. The highest BCUT2D eigenvalue weighted by atomic mass is 16.5. The highest BCUT2D eigenvalue weighted by Crippen LogP contribution is 2.29. The summed E-state index contributed by atoms with van der Waals surface area (Å²) in [6, 6.07) is 14.0. The lowest BCUT2D eigenvalue weighted by atomic mass is 10.0. The molecule has 2 atom stereocenters. The number of pyridine rings is 1. The number of aromatic hydroxyl groups is 1. The van der Waals surface area contributed by atoms with E-state index in [-0.39, 0.29) is 17.9 Å². The summed E-state index contributed by atoms with van der Waals surface area (Å²) in [5, 5.41) is 13.3. The fourth-order valence-electron chi connectivity index (χ4n) is 2.73. The van der Waals surface area contributed by atoms with Crippen molar-refractivity contribution in [2.45, 2.75) is 32.0 Å². The second-order valence-electron chi connectivity index (χ2n) is 5.40. The Labute approximate surface area is 124 Å². The van der Waals surface area contributed by atoms with Gasteiger partial charge in [-0.1, -0.05) is 30.3 Å². The summed E-state index contributed by atoms with van der Waals surface area (Å²) in [5.41, 5.74) is 2.79. The Morgan fingerprint density at radius 2 is 2.05 bits per heavy atom. The van der Waals surface area contributed by atoms with Crippen molar-refractivity contribution in [3.63, 3.8) is 0 Å². The van der Waals surface area contributed by atoms with Gasteiger partial charge in [-0.2, -0.15) is 0 Å². The van der Waals surface area contributed by atoms with Crippen LogP contribution in [0.1, 0.15) is 29.5 Å². The number of rotatable bonds is 4. The molecule has 1 fully saturated rings. The molecule has 1 aromatic carbocycles. The maximum atomic E-state index is 9.86. The van der Waals surface area contributed by atoms with Crippen molar-refractivity contribution in [2.75, 3.05) is 6.61 Å². The van der Waals surface area contributed by atoms with E-state index in [0.717, 1.165) is 18.7 Å². The molecule has 0 saturated carbocycles. The summed E-state index contributed by atoms with van der Waals surface area (Å²) in [5.74, 6) is 0.239. The highest BCUT2D eigenvalue weighted by Gasteiger charge is 2.29. The molecule has 0 unspecified atom stereocenters. The largest absolute Gasteiger partial charge is 0.506 e. The first-order valence-electron chi connectivity index (χ1n) is 7.29. The number of aryl methyl sites for hydroxylation is 1. The summed E-state index contributed by atoms with van der Waals surface area (Å²) in [6.45, 7) is 3.23. The zero-order valence-electron chi connectivity index (χ0n) is 12.1. The molecular weight excluding hydrogens is 264 g/mol. The average Bonchev–Trinajstić information content (AvgIpc) is 2.97. The van der Waals surface area contributed by atoms with Gasteiger partial charge in [-0.25, -0.2) is 0 Å². The van der Waals surface area contributed by atoms with Gasteiger partial charge in [0.15, 0.2) is 0 Å². The molecule has 1 aliphatic rings. The first-order valence-corrected chi connectivity index (χ1v) is 7.29. The molecule has 0 aliphatic carbocycles. The predicted octanol–water partition coefficient (Wildman–Crippen LogP) is 2.72. The van der Waals surface area contributed by atoms with Gasteiger partial charge in [0, 0.05) is 24.9 Å². The fourth-order valence-corrected chi connectivity index (χ4v) is 2.73. The summed E-state index contributed by atoms with van der Waals surface area (Å²) in [7, 11) is 0. The molecule has 2 aromatic rings. The quantitative estimate of drug-likeness (QED) is 0.906.